The van der Waals surface area contributed by atoms with Crippen molar-refractivity contribution in [2.75, 3.05) is 51.3 Å². The predicted octanol–water partition coefficient (Wildman–Crippen LogP) is 1.84. The molecule has 3 aliphatic heterocycles. The van der Waals surface area contributed by atoms with Crippen molar-refractivity contribution in [1.29, 1.82) is 0 Å². The molecule has 38 heavy (non-hydrogen) atoms. The molecule has 3 heterocycles. The van der Waals surface area contributed by atoms with Crippen LogP contribution in [-0.2, 0) is 19.1 Å². The Bertz CT molecular complexity index is 1030. The lowest BCUT2D eigenvalue weighted by atomic mass is 9.91. The summed E-state index contributed by atoms with van der Waals surface area (Å²) < 4.78 is 11.2. The van der Waals surface area contributed by atoms with E-state index in [1.807, 2.05) is 24.3 Å². The van der Waals surface area contributed by atoms with Crippen LogP contribution in [0.4, 0.5) is 5.69 Å². The van der Waals surface area contributed by atoms with Gasteiger partial charge in [-0.05, 0) is 55.9 Å². The summed E-state index contributed by atoms with van der Waals surface area (Å²) in [4.78, 5) is 46.4. The molecule has 0 aromatic heterocycles. The molecule has 1 aromatic carbocycles. The van der Waals surface area contributed by atoms with Crippen molar-refractivity contribution in [2.24, 2.45) is 5.92 Å². The summed E-state index contributed by atoms with van der Waals surface area (Å²) >= 11 is 0. The van der Waals surface area contributed by atoms with Crippen LogP contribution in [0.2, 0.25) is 0 Å². The number of nitrogens with one attached hydrogen (secondary N) is 1. The second kappa shape index (κ2) is 10.9. The Morgan fingerprint density at radius 2 is 1.71 bits per heavy atom. The van der Waals surface area contributed by atoms with Gasteiger partial charge in [0.25, 0.3) is 5.91 Å². The maximum atomic E-state index is 13.8. The topological polar surface area (TPSA) is 91.4 Å². The van der Waals surface area contributed by atoms with Crippen molar-refractivity contribution >= 4 is 23.3 Å². The zero-order valence-electron chi connectivity index (χ0n) is 22.3. The molecular weight excluding hydrogens is 484 g/mol. The number of nitrogens with zero attached hydrogens (tertiary/aromatic N) is 3. The van der Waals surface area contributed by atoms with E-state index in [4.69, 9.17) is 9.47 Å². The SMILES string of the molecule is CO[C@H]1CN(C(=O)[C@@H](NC(=O)c2ccc(N3CCN(C4CCC4)CC3)cc2)C2CCCC2)[C@@H]2C(=O)COC12. The first-order chi connectivity index (χ1) is 18.5. The van der Waals surface area contributed by atoms with Gasteiger partial charge in [0, 0.05) is 50.6 Å². The summed E-state index contributed by atoms with van der Waals surface area (Å²) in [6.07, 6.45) is 7.14. The van der Waals surface area contributed by atoms with E-state index in [0.717, 1.165) is 63.6 Å². The third-order valence-electron chi connectivity index (χ3n) is 9.55. The van der Waals surface area contributed by atoms with Crippen LogP contribution >= 0.6 is 0 Å². The van der Waals surface area contributed by atoms with Gasteiger partial charge in [-0.3, -0.25) is 19.3 Å². The Morgan fingerprint density at radius 1 is 1.00 bits per heavy atom. The number of amides is 2. The minimum Gasteiger partial charge on any atom is -0.377 e. The molecule has 0 spiro atoms. The molecule has 9 nitrogen and oxygen atoms in total. The number of methoxy groups -OCH3 is 1. The third-order valence-corrected chi connectivity index (χ3v) is 9.55. The maximum absolute atomic E-state index is 13.8. The molecule has 1 unspecified atom stereocenters. The van der Waals surface area contributed by atoms with Crippen LogP contribution < -0.4 is 10.2 Å². The van der Waals surface area contributed by atoms with Crippen LogP contribution in [0.5, 0.6) is 0 Å². The Kier molecular flexibility index (Phi) is 7.42. The molecule has 1 aromatic rings. The van der Waals surface area contributed by atoms with E-state index < -0.39 is 18.2 Å². The number of ether oxygens (including phenoxy) is 2. The first-order valence-corrected chi connectivity index (χ1v) is 14.4. The molecule has 0 radical (unpaired) electrons. The lowest BCUT2D eigenvalue weighted by molar-refractivity contribution is -0.139. The number of piperazine rings is 1. The fourth-order valence-electron chi connectivity index (χ4n) is 7.04. The molecule has 206 valence electrons. The Hall–Kier alpha value is -2.49. The van der Waals surface area contributed by atoms with Crippen LogP contribution in [0.3, 0.4) is 0 Å². The molecule has 5 aliphatic rings. The van der Waals surface area contributed by atoms with Crippen molar-refractivity contribution in [3.63, 3.8) is 0 Å². The maximum Gasteiger partial charge on any atom is 0.251 e. The van der Waals surface area contributed by atoms with E-state index in [1.165, 1.54) is 19.3 Å². The van der Waals surface area contributed by atoms with E-state index in [2.05, 4.69) is 15.1 Å². The lowest BCUT2D eigenvalue weighted by Gasteiger charge is -2.43. The number of anilines is 1. The lowest BCUT2D eigenvalue weighted by Crippen LogP contribution is -2.54. The molecular formula is C29H40N4O5. The van der Waals surface area contributed by atoms with E-state index in [0.29, 0.717) is 12.1 Å². The van der Waals surface area contributed by atoms with E-state index in [1.54, 1.807) is 12.0 Å². The summed E-state index contributed by atoms with van der Waals surface area (Å²) in [6.45, 7) is 4.49. The number of hydrogen-bond donors (Lipinski definition) is 1. The highest BCUT2D eigenvalue weighted by Crippen LogP contribution is 2.34. The van der Waals surface area contributed by atoms with Crippen molar-refractivity contribution in [2.45, 2.75) is 75.3 Å². The number of rotatable bonds is 7. The van der Waals surface area contributed by atoms with Gasteiger partial charge < -0.3 is 24.6 Å². The molecule has 9 heteroatoms. The summed E-state index contributed by atoms with van der Waals surface area (Å²) in [7, 11) is 1.58. The van der Waals surface area contributed by atoms with Gasteiger partial charge in [0.15, 0.2) is 5.78 Å². The monoisotopic (exact) mass is 524 g/mol. The molecule has 2 amide bonds. The molecule has 4 atom stereocenters. The average molecular weight is 525 g/mol. The molecule has 2 saturated carbocycles. The molecule has 1 N–H and O–H groups in total. The highest BCUT2D eigenvalue weighted by Gasteiger charge is 2.54. The predicted molar refractivity (Wildman–Crippen MR) is 142 cm³/mol. The number of carbonyl (C=O) groups excluding carboxylic acids is 3. The second-order valence-electron chi connectivity index (χ2n) is 11.6. The van der Waals surface area contributed by atoms with Crippen molar-refractivity contribution in [3.05, 3.63) is 29.8 Å². The number of ketones is 1. The number of benzene rings is 1. The van der Waals surface area contributed by atoms with Crippen molar-refractivity contribution in [3.8, 4) is 0 Å². The zero-order chi connectivity index (χ0) is 26.2. The Balaban J connectivity index is 1.12. The normalized spacial score (nSPS) is 29.4. The summed E-state index contributed by atoms with van der Waals surface area (Å²) in [6, 6.07) is 7.25. The quantitative estimate of drug-likeness (QED) is 0.582. The minimum atomic E-state index is -0.658. The number of likely N-dealkylation sites (tertiary alicyclic amines) is 1. The largest absolute Gasteiger partial charge is 0.377 e. The van der Waals surface area contributed by atoms with Gasteiger partial charge in [-0.2, -0.15) is 0 Å². The van der Waals surface area contributed by atoms with Gasteiger partial charge >= 0.3 is 0 Å². The van der Waals surface area contributed by atoms with Crippen molar-refractivity contribution < 1.29 is 23.9 Å². The van der Waals surface area contributed by atoms with Crippen LogP contribution in [0.15, 0.2) is 24.3 Å². The van der Waals surface area contributed by atoms with E-state index in [-0.39, 0.29) is 36.2 Å². The van der Waals surface area contributed by atoms with Gasteiger partial charge in [-0.1, -0.05) is 19.3 Å². The van der Waals surface area contributed by atoms with Gasteiger partial charge in [0.1, 0.15) is 30.9 Å². The fourth-order valence-corrected chi connectivity index (χ4v) is 7.04. The fraction of sp³-hybridized carbons (Fsp3) is 0.690. The number of Topliss-reactive ketones (excluding diaryl/α,β-unsaturated/α-hetero) is 1. The minimum absolute atomic E-state index is 0.00140. The standard InChI is InChI=1S/C29H40N4O5/c1-37-24-17-33(26-23(34)18-38-27(24)26)29(36)25(19-5-2-3-6-19)30-28(35)20-9-11-22(12-10-20)32-15-13-31(14-16-32)21-7-4-8-21/h9-12,19,21,24-27H,2-8,13-18H2,1H3,(H,30,35)/t24-,25-,26+,27?/m0/s1. The molecule has 2 aliphatic carbocycles. The van der Waals surface area contributed by atoms with Gasteiger partial charge in [0.05, 0.1) is 6.54 Å². The highest BCUT2D eigenvalue weighted by atomic mass is 16.5. The van der Waals surface area contributed by atoms with Gasteiger partial charge in [-0.15, -0.1) is 0 Å². The molecule has 3 saturated heterocycles. The number of fused-ring (bicyclic) bond motifs is 1. The third kappa shape index (κ3) is 4.84. The molecule has 5 fully saturated rings. The van der Waals surface area contributed by atoms with Gasteiger partial charge in [0.2, 0.25) is 5.91 Å². The summed E-state index contributed by atoms with van der Waals surface area (Å²) in [5.74, 6) is -0.470. The first-order valence-electron chi connectivity index (χ1n) is 14.4. The molecule has 6 rings (SSSR count). The Labute approximate surface area is 224 Å². The van der Waals surface area contributed by atoms with E-state index in [9.17, 15) is 14.4 Å². The summed E-state index contributed by atoms with van der Waals surface area (Å²) in [5.41, 5.74) is 1.68. The average Bonchev–Trinajstić information content (AvgIpc) is 3.65. The highest BCUT2D eigenvalue weighted by molar-refractivity contribution is 5.99. The van der Waals surface area contributed by atoms with Crippen LogP contribution in [0.25, 0.3) is 0 Å². The van der Waals surface area contributed by atoms with E-state index >= 15 is 0 Å². The van der Waals surface area contributed by atoms with Crippen LogP contribution in [0, 0.1) is 5.92 Å². The number of hydrogen-bond acceptors (Lipinski definition) is 7. The number of carbonyl (C=O) groups is 3. The van der Waals surface area contributed by atoms with Crippen molar-refractivity contribution in [1.82, 2.24) is 15.1 Å². The van der Waals surface area contributed by atoms with Crippen LogP contribution in [0.1, 0.15) is 55.3 Å². The zero-order valence-corrected chi connectivity index (χ0v) is 22.3. The molecule has 0 bridgehead atoms. The smallest absolute Gasteiger partial charge is 0.251 e. The Morgan fingerprint density at radius 3 is 2.34 bits per heavy atom. The van der Waals surface area contributed by atoms with Crippen LogP contribution in [-0.4, -0.2) is 104 Å². The van der Waals surface area contributed by atoms with Gasteiger partial charge in [-0.25, -0.2) is 0 Å². The summed E-state index contributed by atoms with van der Waals surface area (Å²) in [5, 5.41) is 3.07. The second-order valence-corrected chi connectivity index (χ2v) is 11.6. The first kappa shape index (κ1) is 25.8.